The fourth-order valence-corrected chi connectivity index (χ4v) is 1.13. The zero-order chi connectivity index (χ0) is 9.84. The molecular weight excluding hydrogens is 162 g/mol. The number of carbonyl (C=O) groups is 1. The molecule has 0 bridgehead atoms. The maximum absolute atomic E-state index is 11.1. The minimum absolute atomic E-state index is 0.224. The Bertz CT molecular complexity index is 261. The Kier molecular flexibility index (Phi) is 3.29. The molecule has 2 nitrogen and oxygen atoms in total. The Balaban J connectivity index is 2.72. The van der Waals surface area contributed by atoms with Gasteiger partial charge in [0.2, 0.25) is 0 Å². The molecule has 0 aromatic rings. The number of rotatable bonds is 2. The third kappa shape index (κ3) is 3.05. The number of carbonyl (C=O) groups excluding carboxylic acids is 1. The molecule has 1 aliphatic rings. The van der Waals surface area contributed by atoms with Gasteiger partial charge in [-0.1, -0.05) is 19.4 Å². The van der Waals surface area contributed by atoms with Crippen LogP contribution in [0, 0.1) is 5.92 Å². The molecular formula is C11H17NO. The van der Waals surface area contributed by atoms with Crippen molar-refractivity contribution >= 4 is 5.78 Å². The zero-order valence-electron chi connectivity index (χ0n) is 8.55. The van der Waals surface area contributed by atoms with Crippen LogP contribution in [0.1, 0.15) is 27.2 Å². The van der Waals surface area contributed by atoms with Gasteiger partial charge in [-0.25, -0.2) is 0 Å². The highest BCUT2D eigenvalue weighted by Gasteiger charge is 2.07. The van der Waals surface area contributed by atoms with Crippen molar-refractivity contribution in [3.05, 3.63) is 23.4 Å². The number of nitrogens with one attached hydrogen (secondary N) is 1. The van der Waals surface area contributed by atoms with Gasteiger partial charge in [-0.2, -0.15) is 0 Å². The summed E-state index contributed by atoms with van der Waals surface area (Å²) in [7, 11) is 0. The third-order valence-electron chi connectivity index (χ3n) is 2.31. The molecule has 0 saturated carbocycles. The van der Waals surface area contributed by atoms with E-state index in [0.29, 0.717) is 12.3 Å². The number of allylic oxidation sites excluding steroid dienone is 3. The van der Waals surface area contributed by atoms with Crippen molar-refractivity contribution in [1.82, 2.24) is 5.32 Å². The molecule has 0 amide bonds. The van der Waals surface area contributed by atoms with Crippen molar-refractivity contribution in [3.63, 3.8) is 0 Å². The van der Waals surface area contributed by atoms with Crippen molar-refractivity contribution in [3.8, 4) is 0 Å². The number of hydrogen-bond acceptors (Lipinski definition) is 2. The topological polar surface area (TPSA) is 29.1 Å². The Morgan fingerprint density at radius 2 is 2.31 bits per heavy atom. The molecule has 0 radical (unpaired) electrons. The molecule has 1 heterocycles. The standard InChI is InChI=1S/C11H17NO/c1-8(2)9(3)6-10-7-11(13)4-5-12-10/h6-8,12H,4-5H2,1-3H3. The lowest BCUT2D eigenvalue weighted by molar-refractivity contribution is -0.114. The summed E-state index contributed by atoms with van der Waals surface area (Å²) in [5, 5.41) is 3.20. The number of hydrogen-bond donors (Lipinski definition) is 1. The average Bonchev–Trinajstić information content (AvgIpc) is 2.04. The van der Waals surface area contributed by atoms with Crippen molar-refractivity contribution in [1.29, 1.82) is 0 Å². The Hall–Kier alpha value is -1.05. The largest absolute Gasteiger partial charge is 0.384 e. The second-order valence-electron chi connectivity index (χ2n) is 3.79. The molecule has 1 rings (SSSR count). The first-order valence-corrected chi connectivity index (χ1v) is 4.76. The van der Waals surface area contributed by atoms with E-state index < -0.39 is 0 Å². The van der Waals surface area contributed by atoms with Crippen molar-refractivity contribution in [2.45, 2.75) is 27.2 Å². The summed E-state index contributed by atoms with van der Waals surface area (Å²) < 4.78 is 0. The molecule has 13 heavy (non-hydrogen) atoms. The van der Waals surface area contributed by atoms with Crippen LogP contribution >= 0.6 is 0 Å². The van der Waals surface area contributed by atoms with Crippen LogP contribution in [0.2, 0.25) is 0 Å². The van der Waals surface area contributed by atoms with Crippen LogP contribution in [-0.4, -0.2) is 12.3 Å². The quantitative estimate of drug-likeness (QED) is 0.702. The first-order valence-electron chi connectivity index (χ1n) is 4.76. The van der Waals surface area contributed by atoms with Crippen LogP contribution in [-0.2, 0) is 4.79 Å². The fourth-order valence-electron chi connectivity index (χ4n) is 1.13. The zero-order valence-corrected chi connectivity index (χ0v) is 8.55. The third-order valence-corrected chi connectivity index (χ3v) is 2.31. The van der Waals surface area contributed by atoms with Gasteiger partial charge in [0.1, 0.15) is 0 Å². The van der Waals surface area contributed by atoms with E-state index >= 15 is 0 Å². The molecule has 0 fully saturated rings. The summed E-state index contributed by atoms with van der Waals surface area (Å²) in [6.07, 6.45) is 4.37. The van der Waals surface area contributed by atoms with E-state index in [-0.39, 0.29) is 5.78 Å². The Morgan fingerprint density at radius 3 is 2.85 bits per heavy atom. The van der Waals surface area contributed by atoms with E-state index in [9.17, 15) is 4.79 Å². The molecule has 0 aromatic heterocycles. The summed E-state index contributed by atoms with van der Waals surface area (Å²) in [5.74, 6) is 0.765. The van der Waals surface area contributed by atoms with Crippen LogP contribution in [0.4, 0.5) is 0 Å². The molecule has 1 N–H and O–H groups in total. The fraction of sp³-hybridized carbons (Fsp3) is 0.545. The molecule has 1 aliphatic heterocycles. The van der Waals surface area contributed by atoms with Gasteiger partial charge in [0.25, 0.3) is 0 Å². The predicted molar refractivity (Wildman–Crippen MR) is 54.3 cm³/mol. The second-order valence-corrected chi connectivity index (χ2v) is 3.79. The SMILES string of the molecule is CC(=CC1=CC(=O)CCN1)C(C)C. The Morgan fingerprint density at radius 1 is 1.62 bits per heavy atom. The smallest absolute Gasteiger partial charge is 0.159 e. The monoisotopic (exact) mass is 179 g/mol. The highest BCUT2D eigenvalue weighted by molar-refractivity contribution is 5.91. The van der Waals surface area contributed by atoms with Crippen molar-refractivity contribution in [2.75, 3.05) is 6.54 Å². The number of ketones is 1. The maximum atomic E-state index is 11.1. The van der Waals surface area contributed by atoms with Crippen LogP contribution < -0.4 is 5.32 Å². The lowest BCUT2D eigenvalue weighted by atomic mass is 10.0. The van der Waals surface area contributed by atoms with Gasteiger partial charge >= 0.3 is 0 Å². The lowest BCUT2D eigenvalue weighted by Crippen LogP contribution is -2.22. The molecule has 2 heteroatoms. The highest BCUT2D eigenvalue weighted by atomic mass is 16.1. The molecule has 0 aromatic carbocycles. The average molecular weight is 179 g/mol. The molecule has 0 atom stereocenters. The van der Waals surface area contributed by atoms with Crippen LogP contribution in [0.3, 0.4) is 0 Å². The summed E-state index contributed by atoms with van der Waals surface area (Å²) in [5.41, 5.74) is 2.26. The van der Waals surface area contributed by atoms with Gasteiger partial charge in [-0.15, -0.1) is 0 Å². The second kappa shape index (κ2) is 4.26. The van der Waals surface area contributed by atoms with E-state index in [2.05, 4.69) is 32.2 Å². The van der Waals surface area contributed by atoms with Crippen molar-refractivity contribution < 1.29 is 4.79 Å². The van der Waals surface area contributed by atoms with E-state index in [0.717, 1.165) is 12.2 Å². The first-order chi connectivity index (χ1) is 6.09. The van der Waals surface area contributed by atoms with Crippen molar-refractivity contribution in [2.24, 2.45) is 5.92 Å². The Labute approximate surface area is 79.7 Å². The van der Waals surface area contributed by atoms with E-state index in [4.69, 9.17) is 0 Å². The molecule has 0 unspecified atom stereocenters. The molecule has 72 valence electrons. The van der Waals surface area contributed by atoms with Gasteiger partial charge in [-0.05, 0) is 18.9 Å². The lowest BCUT2D eigenvalue weighted by Gasteiger charge is -2.13. The van der Waals surface area contributed by atoms with E-state index in [1.165, 1.54) is 5.57 Å². The van der Waals surface area contributed by atoms with Gasteiger partial charge < -0.3 is 5.32 Å². The first kappa shape index (κ1) is 10.0. The summed E-state index contributed by atoms with van der Waals surface area (Å²) in [4.78, 5) is 11.1. The molecule has 0 saturated heterocycles. The van der Waals surface area contributed by atoms with Gasteiger partial charge in [0.15, 0.2) is 5.78 Å². The van der Waals surface area contributed by atoms with Gasteiger partial charge in [-0.3, -0.25) is 4.79 Å². The van der Waals surface area contributed by atoms with Crippen LogP contribution in [0.5, 0.6) is 0 Å². The molecule has 0 aliphatic carbocycles. The van der Waals surface area contributed by atoms with Crippen LogP contribution in [0.15, 0.2) is 23.4 Å². The minimum Gasteiger partial charge on any atom is -0.384 e. The van der Waals surface area contributed by atoms with Gasteiger partial charge in [0.05, 0.1) is 0 Å². The van der Waals surface area contributed by atoms with Crippen LogP contribution in [0.25, 0.3) is 0 Å². The molecule has 0 spiro atoms. The predicted octanol–water partition coefficient (Wildman–Crippen LogP) is 2.04. The maximum Gasteiger partial charge on any atom is 0.159 e. The van der Waals surface area contributed by atoms with E-state index in [1.54, 1.807) is 6.08 Å². The summed E-state index contributed by atoms with van der Waals surface area (Å²) >= 11 is 0. The highest BCUT2D eigenvalue weighted by Crippen LogP contribution is 2.11. The van der Waals surface area contributed by atoms with Gasteiger partial charge in [0, 0.05) is 24.7 Å². The minimum atomic E-state index is 0.224. The normalized spacial score (nSPS) is 18.6. The summed E-state index contributed by atoms with van der Waals surface area (Å²) in [6.45, 7) is 7.16. The summed E-state index contributed by atoms with van der Waals surface area (Å²) in [6, 6.07) is 0. The van der Waals surface area contributed by atoms with E-state index in [1.807, 2.05) is 0 Å².